The maximum atomic E-state index is 11.2. The van der Waals surface area contributed by atoms with Crippen molar-refractivity contribution in [3.63, 3.8) is 0 Å². The Morgan fingerprint density at radius 2 is 1.63 bits per heavy atom. The Balaban J connectivity index is 2.03. The topological polar surface area (TPSA) is 55.8 Å². The van der Waals surface area contributed by atoms with E-state index in [2.05, 4.69) is 61.6 Å². The second kappa shape index (κ2) is 7.15. The molecular formula is C25H34O4Si. The molecule has 0 saturated carbocycles. The molecule has 1 atom stereocenters. The van der Waals surface area contributed by atoms with Crippen LogP contribution in [-0.4, -0.2) is 19.4 Å². The first-order valence-corrected chi connectivity index (χ1v) is 13.4. The van der Waals surface area contributed by atoms with Crippen molar-refractivity contribution in [3.8, 4) is 11.5 Å². The van der Waals surface area contributed by atoms with Gasteiger partial charge in [0.05, 0.1) is 5.56 Å². The van der Waals surface area contributed by atoms with E-state index in [9.17, 15) is 9.90 Å². The molecule has 1 aliphatic rings. The van der Waals surface area contributed by atoms with Gasteiger partial charge in [0, 0.05) is 12.0 Å². The van der Waals surface area contributed by atoms with Gasteiger partial charge in [0.1, 0.15) is 17.1 Å². The second-order valence-corrected chi connectivity index (χ2v) is 15.0. The standard InChI is InChI=1S/C25H34O4Si/c1-15-16(2)22-20(17(3)21(15)29-30(8,9)24(4,5)6)14-25(7,28-22)19-12-10-18(11-13-19)23(26)27/h10-13H,14H2,1-9H3,(H,26,27). The summed E-state index contributed by atoms with van der Waals surface area (Å²) in [5.41, 5.74) is 5.34. The van der Waals surface area contributed by atoms with E-state index >= 15 is 0 Å². The van der Waals surface area contributed by atoms with Crippen LogP contribution in [0.15, 0.2) is 24.3 Å². The van der Waals surface area contributed by atoms with E-state index in [1.54, 1.807) is 12.1 Å². The van der Waals surface area contributed by atoms with Crippen molar-refractivity contribution >= 4 is 14.3 Å². The summed E-state index contributed by atoms with van der Waals surface area (Å²) in [6.07, 6.45) is 0.732. The predicted octanol–water partition coefficient (Wildman–Crippen LogP) is 6.54. The van der Waals surface area contributed by atoms with Gasteiger partial charge >= 0.3 is 5.97 Å². The predicted molar refractivity (Wildman–Crippen MR) is 124 cm³/mol. The first kappa shape index (κ1) is 22.4. The third-order valence-electron chi connectivity index (χ3n) is 7.06. The number of rotatable bonds is 4. The first-order chi connectivity index (χ1) is 13.7. The number of benzene rings is 2. The van der Waals surface area contributed by atoms with Gasteiger partial charge in [-0.3, -0.25) is 0 Å². The summed E-state index contributed by atoms with van der Waals surface area (Å²) >= 11 is 0. The van der Waals surface area contributed by atoms with Crippen molar-refractivity contribution in [2.75, 3.05) is 0 Å². The minimum atomic E-state index is -1.98. The second-order valence-electron chi connectivity index (χ2n) is 10.3. The molecule has 0 fully saturated rings. The number of aromatic carboxylic acids is 1. The third kappa shape index (κ3) is 3.64. The number of fused-ring (bicyclic) bond motifs is 1. The van der Waals surface area contributed by atoms with Gasteiger partial charge in [-0.05, 0) is 80.2 Å². The van der Waals surface area contributed by atoms with Crippen LogP contribution < -0.4 is 9.16 Å². The molecule has 162 valence electrons. The molecule has 1 N–H and O–H groups in total. The highest BCUT2D eigenvalue weighted by atomic mass is 28.4. The fourth-order valence-corrected chi connectivity index (χ4v) is 4.92. The Kier molecular flexibility index (Phi) is 5.34. The molecule has 4 nitrogen and oxygen atoms in total. The average Bonchev–Trinajstić information content (AvgIpc) is 3.02. The molecule has 2 aromatic carbocycles. The monoisotopic (exact) mass is 426 g/mol. The van der Waals surface area contributed by atoms with E-state index in [4.69, 9.17) is 9.16 Å². The Bertz CT molecular complexity index is 1000. The molecule has 1 heterocycles. The van der Waals surface area contributed by atoms with Crippen LogP contribution in [0.2, 0.25) is 18.1 Å². The van der Waals surface area contributed by atoms with E-state index in [-0.39, 0.29) is 10.6 Å². The Hall–Kier alpha value is -2.27. The number of hydrogen-bond acceptors (Lipinski definition) is 3. The summed E-state index contributed by atoms with van der Waals surface area (Å²) in [6, 6.07) is 7.01. The molecule has 5 heteroatoms. The summed E-state index contributed by atoms with van der Waals surface area (Å²) in [4.78, 5) is 11.2. The lowest BCUT2D eigenvalue weighted by atomic mass is 9.88. The fraction of sp³-hybridized carbons (Fsp3) is 0.480. The zero-order valence-electron chi connectivity index (χ0n) is 19.7. The van der Waals surface area contributed by atoms with E-state index in [1.165, 1.54) is 5.56 Å². The van der Waals surface area contributed by atoms with Crippen molar-refractivity contribution in [1.82, 2.24) is 0 Å². The molecule has 0 amide bonds. The Morgan fingerprint density at radius 1 is 1.07 bits per heavy atom. The Morgan fingerprint density at radius 3 is 2.13 bits per heavy atom. The van der Waals surface area contributed by atoms with Gasteiger partial charge in [-0.15, -0.1) is 0 Å². The fourth-order valence-electron chi connectivity index (χ4n) is 3.79. The molecule has 1 aliphatic heterocycles. The SMILES string of the molecule is Cc1c(C)c2c(c(C)c1O[Si](C)(C)C(C)(C)C)CC(C)(c1ccc(C(=O)O)cc1)O2. The first-order valence-electron chi connectivity index (χ1n) is 10.5. The number of hydrogen-bond donors (Lipinski definition) is 1. The Labute approximate surface area is 181 Å². The highest BCUT2D eigenvalue weighted by molar-refractivity contribution is 6.74. The van der Waals surface area contributed by atoms with Crippen molar-refractivity contribution in [2.45, 2.75) is 78.6 Å². The van der Waals surface area contributed by atoms with Crippen molar-refractivity contribution in [3.05, 3.63) is 57.6 Å². The third-order valence-corrected chi connectivity index (χ3v) is 11.4. The van der Waals surface area contributed by atoms with Gasteiger partial charge in [-0.2, -0.15) is 0 Å². The summed E-state index contributed by atoms with van der Waals surface area (Å²) in [5, 5.41) is 9.31. The minimum absolute atomic E-state index is 0.121. The van der Waals surface area contributed by atoms with Gasteiger partial charge in [-0.25, -0.2) is 4.79 Å². The summed E-state index contributed by atoms with van der Waals surface area (Å²) in [7, 11) is -1.98. The summed E-state index contributed by atoms with van der Waals surface area (Å²) in [5.74, 6) is 1.03. The number of carboxylic acids is 1. The molecule has 0 saturated heterocycles. The molecule has 0 bridgehead atoms. The molecule has 30 heavy (non-hydrogen) atoms. The molecule has 3 rings (SSSR count). The highest BCUT2D eigenvalue weighted by Crippen LogP contribution is 2.50. The average molecular weight is 427 g/mol. The van der Waals surface area contributed by atoms with E-state index < -0.39 is 19.9 Å². The molecule has 0 spiro atoms. The van der Waals surface area contributed by atoms with Gasteiger partial charge in [-0.1, -0.05) is 32.9 Å². The number of carbonyl (C=O) groups is 1. The zero-order valence-corrected chi connectivity index (χ0v) is 20.7. The van der Waals surface area contributed by atoms with Gasteiger partial charge < -0.3 is 14.3 Å². The smallest absolute Gasteiger partial charge is 0.335 e. The lowest BCUT2D eigenvalue weighted by Gasteiger charge is -2.38. The van der Waals surface area contributed by atoms with E-state index in [0.717, 1.165) is 40.2 Å². The number of ether oxygens (including phenoxy) is 1. The normalized spacial score (nSPS) is 18.7. The minimum Gasteiger partial charge on any atom is -0.543 e. The van der Waals surface area contributed by atoms with Crippen LogP contribution in [0, 0.1) is 20.8 Å². The largest absolute Gasteiger partial charge is 0.543 e. The molecule has 0 radical (unpaired) electrons. The summed E-state index contributed by atoms with van der Waals surface area (Å²) in [6.45, 7) is 19.7. The van der Waals surface area contributed by atoms with E-state index in [0.29, 0.717) is 0 Å². The maximum absolute atomic E-state index is 11.2. The van der Waals surface area contributed by atoms with Crippen LogP contribution in [0.3, 0.4) is 0 Å². The quantitative estimate of drug-likeness (QED) is 0.564. The van der Waals surface area contributed by atoms with Gasteiger partial charge in [0.25, 0.3) is 8.32 Å². The molecule has 0 aromatic heterocycles. The van der Waals surface area contributed by atoms with Crippen molar-refractivity contribution < 1.29 is 19.1 Å². The zero-order chi connectivity index (χ0) is 22.6. The molecule has 2 aromatic rings. The lowest BCUT2D eigenvalue weighted by Crippen LogP contribution is -2.44. The molecule has 1 unspecified atom stereocenters. The van der Waals surface area contributed by atoms with Crippen LogP contribution in [-0.2, 0) is 12.0 Å². The van der Waals surface area contributed by atoms with Crippen LogP contribution in [0.4, 0.5) is 0 Å². The lowest BCUT2D eigenvalue weighted by molar-refractivity contribution is 0.0696. The van der Waals surface area contributed by atoms with Crippen LogP contribution >= 0.6 is 0 Å². The van der Waals surface area contributed by atoms with Crippen molar-refractivity contribution in [2.24, 2.45) is 0 Å². The van der Waals surface area contributed by atoms with Gasteiger partial charge in [0.15, 0.2) is 0 Å². The summed E-state index contributed by atoms with van der Waals surface area (Å²) < 4.78 is 13.3. The maximum Gasteiger partial charge on any atom is 0.335 e. The van der Waals surface area contributed by atoms with Crippen LogP contribution in [0.1, 0.15) is 65.9 Å². The van der Waals surface area contributed by atoms with E-state index in [1.807, 2.05) is 12.1 Å². The van der Waals surface area contributed by atoms with Crippen LogP contribution in [0.25, 0.3) is 0 Å². The number of carboxylic acid groups (broad SMARTS) is 1. The highest BCUT2D eigenvalue weighted by Gasteiger charge is 2.43. The van der Waals surface area contributed by atoms with Crippen LogP contribution in [0.5, 0.6) is 11.5 Å². The molecule has 0 aliphatic carbocycles. The van der Waals surface area contributed by atoms with Crippen molar-refractivity contribution in [1.29, 1.82) is 0 Å². The molecular weight excluding hydrogens is 392 g/mol. The van der Waals surface area contributed by atoms with Gasteiger partial charge in [0.2, 0.25) is 0 Å².